The van der Waals surface area contributed by atoms with Crippen molar-refractivity contribution in [2.45, 2.75) is 12.8 Å². The highest BCUT2D eigenvalue weighted by atomic mass is 35.5. The zero-order valence-corrected chi connectivity index (χ0v) is 19.4. The second kappa shape index (κ2) is 13.2. The van der Waals surface area contributed by atoms with Crippen LogP contribution < -0.4 is 19.5 Å². The van der Waals surface area contributed by atoms with Crippen LogP contribution in [0.5, 0.6) is 17.2 Å². The lowest BCUT2D eigenvalue weighted by atomic mass is 10.1. The Morgan fingerprint density at radius 3 is 2.58 bits per heavy atom. The van der Waals surface area contributed by atoms with Crippen LogP contribution in [0.15, 0.2) is 54.6 Å². The summed E-state index contributed by atoms with van der Waals surface area (Å²) in [6, 6.07) is 11.4. The number of carbonyl (C=O) groups is 2. The first-order valence-electron chi connectivity index (χ1n) is 9.85. The molecule has 0 saturated heterocycles. The average Bonchev–Trinajstić information content (AvgIpc) is 2.80. The van der Waals surface area contributed by atoms with Gasteiger partial charge in [-0.3, -0.25) is 9.59 Å². The third kappa shape index (κ3) is 8.19. The van der Waals surface area contributed by atoms with Gasteiger partial charge in [-0.15, -0.1) is 6.58 Å². The molecule has 1 N–H and O–H groups in total. The van der Waals surface area contributed by atoms with Gasteiger partial charge >= 0.3 is 5.97 Å². The topological polar surface area (TPSA) is 97.7 Å². The molecule has 2 aromatic rings. The Morgan fingerprint density at radius 1 is 1.15 bits per heavy atom. The highest BCUT2D eigenvalue weighted by molar-refractivity contribution is 6.35. The van der Waals surface area contributed by atoms with E-state index in [0.717, 1.165) is 0 Å². The third-order valence-electron chi connectivity index (χ3n) is 4.17. The Kier molecular flexibility index (Phi) is 10.3. The number of methoxy groups -OCH3 is 1. The minimum Gasteiger partial charge on any atom is -0.493 e. The molecule has 33 heavy (non-hydrogen) atoms. The number of carbonyl (C=O) groups excluding carboxylic acids is 2. The van der Waals surface area contributed by atoms with Crippen molar-refractivity contribution >= 4 is 41.2 Å². The number of halogens is 2. The Hall–Kier alpha value is -3.47. The molecule has 0 aliphatic heterocycles. The lowest BCUT2D eigenvalue weighted by molar-refractivity contribution is -0.134. The summed E-state index contributed by atoms with van der Waals surface area (Å²) in [7, 11) is 1.42. The van der Waals surface area contributed by atoms with Gasteiger partial charge in [0.2, 0.25) is 0 Å². The number of benzene rings is 2. The first-order chi connectivity index (χ1) is 15.9. The molecule has 9 heteroatoms. The van der Waals surface area contributed by atoms with Crippen molar-refractivity contribution in [2.24, 2.45) is 0 Å². The van der Waals surface area contributed by atoms with Crippen LogP contribution in [0.1, 0.15) is 18.4 Å². The predicted molar refractivity (Wildman–Crippen MR) is 127 cm³/mol. The van der Waals surface area contributed by atoms with Gasteiger partial charge in [0, 0.05) is 18.0 Å². The molecule has 1 amide bonds. The van der Waals surface area contributed by atoms with Crippen molar-refractivity contribution in [1.29, 1.82) is 5.26 Å². The fourth-order valence-electron chi connectivity index (χ4n) is 2.60. The van der Waals surface area contributed by atoms with Gasteiger partial charge in [-0.25, -0.2) is 0 Å². The molecule has 0 aromatic heterocycles. The maximum atomic E-state index is 12.2. The Labute approximate surface area is 202 Å². The van der Waals surface area contributed by atoms with Gasteiger partial charge in [0.25, 0.3) is 5.91 Å². The molecule has 0 aliphatic rings. The smallest absolute Gasteiger partial charge is 0.311 e. The molecular weight excluding hydrogens is 467 g/mol. The maximum Gasteiger partial charge on any atom is 0.311 e. The molecule has 0 heterocycles. The predicted octanol–water partition coefficient (Wildman–Crippen LogP) is 4.98. The number of rotatable bonds is 11. The number of amides is 1. The zero-order valence-electron chi connectivity index (χ0n) is 17.9. The number of nitrogens with zero attached hydrogens (tertiary/aromatic N) is 1. The van der Waals surface area contributed by atoms with Gasteiger partial charge in [0.1, 0.15) is 17.4 Å². The lowest BCUT2D eigenvalue weighted by Crippen LogP contribution is -2.24. The molecule has 0 atom stereocenters. The summed E-state index contributed by atoms with van der Waals surface area (Å²) in [6.45, 7) is 4.02. The Morgan fingerprint density at radius 2 is 1.91 bits per heavy atom. The van der Waals surface area contributed by atoms with Gasteiger partial charge in [0.15, 0.2) is 11.5 Å². The van der Waals surface area contributed by atoms with Crippen molar-refractivity contribution < 1.29 is 23.8 Å². The van der Waals surface area contributed by atoms with E-state index in [4.69, 9.17) is 37.4 Å². The highest BCUT2D eigenvalue weighted by Crippen LogP contribution is 2.30. The van der Waals surface area contributed by atoms with Crippen LogP contribution >= 0.6 is 23.2 Å². The summed E-state index contributed by atoms with van der Waals surface area (Å²) in [6.07, 6.45) is 3.44. The molecule has 2 aromatic carbocycles. The summed E-state index contributed by atoms with van der Waals surface area (Å²) < 4.78 is 16.2. The molecule has 0 spiro atoms. The summed E-state index contributed by atoms with van der Waals surface area (Å²) in [5.74, 6) is -0.00596. The van der Waals surface area contributed by atoms with E-state index in [-0.39, 0.29) is 36.6 Å². The van der Waals surface area contributed by atoms with Crippen LogP contribution in [-0.4, -0.2) is 32.1 Å². The van der Waals surface area contributed by atoms with Crippen molar-refractivity contribution in [2.75, 3.05) is 20.3 Å². The number of ether oxygens (including phenoxy) is 3. The van der Waals surface area contributed by atoms with Gasteiger partial charge in [-0.05, 0) is 48.4 Å². The van der Waals surface area contributed by atoms with E-state index in [9.17, 15) is 14.9 Å². The second-order valence-electron chi connectivity index (χ2n) is 6.58. The van der Waals surface area contributed by atoms with Crippen LogP contribution in [0.4, 0.5) is 0 Å². The van der Waals surface area contributed by atoms with E-state index >= 15 is 0 Å². The number of nitriles is 1. The van der Waals surface area contributed by atoms with E-state index in [0.29, 0.717) is 27.8 Å². The van der Waals surface area contributed by atoms with Crippen molar-refractivity contribution in [3.8, 4) is 23.3 Å². The largest absolute Gasteiger partial charge is 0.493 e. The van der Waals surface area contributed by atoms with Gasteiger partial charge < -0.3 is 19.5 Å². The van der Waals surface area contributed by atoms with Crippen LogP contribution in [0.25, 0.3) is 6.08 Å². The molecule has 2 rings (SSSR count). The molecule has 7 nitrogen and oxygen atoms in total. The first kappa shape index (κ1) is 25.8. The number of esters is 1. The SMILES string of the molecule is C=CCNC(=O)/C(C#N)=C/c1ccc(OC(=O)CCCOc2ccc(Cl)cc2Cl)c(OC)c1. The number of hydrogen-bond donors (Lipinski definition) is 1. The summed E-state index contributed by atoms with van der Waals surface area (Å²) >= 11 is 11.9. The van der Waals surface area contributed by atoms with Gasteiger partial charge in [-0.1, -0.05) is 35.3 Å². The van der Waals surface area contributed by atoms with Crippen LogP contribution in [0.2, 0.25) is 10.0 Å². The molecule has 0 aliphatic carbocycles. The molecule has 0 saturated carbocycles. The fourth-order valence-corrected chi connectivity index (χ4v) is 3.06. The summed E-state index contributed by atoms with van der Waals surface area (Å²) in [4.78, 5) is 24.2. The standard InChI is InChI=1S/C24H22Cl2N2O5/c1-3-10-28-24(30)17(15-27)12-16-6-8-21(22(13-16)31-2)33-23(29)5-4-11-32-20-9-7-18(25)14-19(20)26/h3,6-9,12-14H,1,4-5,10-11H2,2H3,(H,28,30)/b17-12+. The monoisotopic (exact) mass is 488 g/mol. The second-order valence-corrected chi connectivity index (χ2v) is 7.42. The first-order valence-corrected chi connectivity index (χ1v) is 10.6. The highest BCUT2D eigenvalue weighted by Gasteiger charge is 2.13. The van der Waals surface area contributed by atoms with Crippen LogP contribution in [-0.2, 0) is 9.59 Å². The zero-order chi connectivity index (χ0) is 24.2. The minimum absolute atomic E-state index is 0.0792. The Bertz CT molecular complexity index is 1090. The van der Waals surface area contributed by atoms with Crippen LogP contribution in [0, 0.1) is 11.3 Å². The van der Waals surface area contributed by atoms with E-state index < -0.39 is 11.9 Å². The molecule has 0 radical (unpaired) electrons. The quantitative estimate of drug-likeness (QED) is 0.120. The van der Waals surface area contributed by atoms with E-state index in [1.54, 1.807) is 30.3 Å². The van der Waals surface area contributed by atoms with E-state index in [2.05, 4.69) is 11.9 Å². The van der Waals surface area contributed by atoms with Gasteiger partial charge in [0.05, 0.1) is 18.7 Å². The van der Waals surface area contributed by atoms with E-state index in [1.165, 1.54) is 25.3 Å². The molecule has 0 bridgehead atoms. The molecule has 0 unspecified atom stereocenters. The minimum atomic E-state index is -0.519. The fraction of sp³-hybridized carbons (Fsp3) is 0.208. The van der Waals surface area contributed by atoms with E-state index in [1.807, 2.05) is 6.07 Å². The van der Waals surface area contributed by atoms with Crippen molar-refractivity contribution in [1.82, 2.24) is 5.32 Å². The normalized spacial score (nSPS) is 10.7. The summed E-state index contributed by atoms with van der Waals surface area (Å²) in [5.41, 5.74) is 0.453. The third-order valence-corrected chi connectivity index (χ3v) is 4.70. The molecular formula is C24H22Cl2N2O5. The van der Waals surface area contributed by atoms with Crippen molar-refractivity contribution in [3.63, 3.8) is 0 Å². The van der Waals surface area contributed by atoms with Gasteiger partial charge in [-0.2, -0.15) is 5.26 Å². The van der Waals surface area contributed by atoms with Crippen LogP contribution in [0.3, 0.4) is 0 Å². The number of nitrogens with one attached hydrogen (secondary N) is 1. The summed E-state index contributed by atoms with van der Waals surface area (Å²) in [5, 5.41) is 12.7. The average molecular weight is 489 g/mol. The molecule has 172 valence electrons. The van der Waals surface area contributed by atoms with Crippen molar-refractivity contribution in [3.05, 3.63) is 70.2 Å². The lowest BCUT2D eigenvalue weighted by Gasteiger charge is -2.11. The number of hydrogen-bond acceptors (Lipinski definition) is 6. The molecule has 0 fully saturated rings. The maximum absolute atomic E-state index is 12.2. The Balaban J connectivity index is 1.95.